The van der Waals surface area contributed by atoms with Crippen molar-refractivity contribution in [1.29, 1.82) is 0 Å². The SMILES string of the molecule is CC1(C)Cc2cccc(Oc3ncc([N+](=O)[O-])cc3Br)c2O1. The van der Waals surface area contributed by atoms with Crippen LogP contribution in [0.5, 0.6) is 17.4 Å². The molecule has 0 bridgehead atoms. The van der Waals surface area contributed by atoms with E-state index in [0.717, 1.165) is 18.2 Å². The second kappa shape index (κ2) is 5.24. The molecule has 0 fully saturated rings. The molecule has 0 aliphatic carbocycles. The van der Waals surface area contributed by atoms with E-state index in [-0.39, 0.29) is 17.2 Å². The van der Waals surface area contributed by atoms with Crippen molar-refractivity contribution in [2.75, 3.05) is 0 Å². The van der Waals surface area contributed by atoms with Gasteiger partial charge in [-0.25, -0.2) is 4.98 Å². The molecule has 3 rings (SSSR count). The van der Waals surface area contributed by atoms with Gasteiger partial charge < -0.3 is 9.47 Å². The van der Waals surface area contributed by atoms with Crippen molar-refractivity contribution in [2.45, 2.75) is 25.9 Å². The van der Waals surface area contributed by atoms with Crippen LogP contribution in [-0.2, 0) is 6.42 Å². The smallest absolute Gasteiger partial charge is 0.288 e. The average Bonchev–Trinajstić information content (AvgIpc) is 2.75. The molecule has 2 heterocycles. The van der Waals surface area contributed by atoms with Gasteiger partial charge in [-0.2, -0.15) is 0 Å². The number of fused-ring (bicyclic) bond motifs is 1. The second-order valence-electron chi connectivity index (χ2n) is 5.62. The van der Waals surface area contributed by atoms with Crippen molar-refractivity contribution in [1.82, 2.24) is 4.98 Å². The van der Waals surface area contributed by atoms with E-state index < -0.39 is 4.92 Å². The van der Waals surface area contributed by atoms with Gasteiger partial charge in [-0.3, -0.25) is 10.1 Å². The van der Waals surface area contributed by atoms with E-state index in [4.69, 9.17) is 9.47 Å². The summed E-state index contributed by atoms with van der Waals surface area (Å²) in [5.74, 6) is 1.50. The Balaban J connectivity index is 1.93. The van der Waals surface area contributed by atoms with Gasteiger partial charge in [0.05, 0.1) is 9.40 Å². The summed E-state index contributed by atoms with van der Waals surface area (Å²) in [4.78, 5) is 14.2. The molecule has 0 spiro atoms. The summed E-state index contributed by atoms with van der Waals surface area (Å²) in [5.41, 5.74) is 0.692. The minimum Gasteiger partial charge on any atom is -0.483 e. The van der Waals surface area contributed by atoms with Crippen LogP contribution in [0.4, 0.5) is 5.69 Å². The maximum Gasteiger partial charge on any atom is 0.288 e. The molecule has 1 aliphatic heterocycles. The summed E-state index contributed by atoms with van der Waals surface area (Å²) in [6, 6.07) is 7.03. The molecule has 0 radical (unpaired) electrons. The standard InChI is InChI=1S/C15H13BrN2O4/c1-15(2)7-9-4-3-5-12(13(9)22-15)21-14-11(16)6-10(8-17-14)18(19)20/h3-6,8H,7H2,1-2H3. The number of halogens is 1. The van der Waals surface area contributed by atoms with E-state index in [1.165, 1.54) is 6.07 Å². The number of nitrogens with zero attached hydrogens (tertiary/aromatic N) is 2. The van der Waals surface area contributed by atoms with Crippen LogP contribution in [0.3, 0.4) is 0 Å². The van der Waals surface area contributed by atoms with Gasteiger partial charge in [0.2, 0.25) is 5.88 Å². The average molecular weight is 365 g/mol. The lowest BCUT2D eigenvalue weighted by Gasteiger charge is -2.18. The summed E-state index contributed by atoms with van der Waals surface area (Å²) in [6.07, 6.45) is 1.96. The van der Waals surface area contributed by atoms with Crippen LogP contribution in [0.2, 0.25) is 0 Å². The van der Waals surface area contributed by atoms with E-state index in [2.05, 4.69) is 20.9 Å². The zero-order chi connectivity index (χ0) is 15.9. The van der Waals surface area contributed by atoms with Crippen LogP contribution in [-0.4, -0.2) is 15.5 Å². The maximum atomic E-state index is 10.7. The molecule has 2 aromatic rings. The molecule has 0 amide bonds. The summed E-state index contributed by atoms with van der Waals surface area (Å²) in [6.45, 7) is 4.02. The van der Waals surface area contributed by atoms with Gasteiger partial charge >= 0.3 is 0 Å². The number of aromatic nitrogens is 1. The first-order chi connectivity index (χ1) is 10.4. The number of ether oxygens (including phenoxy) is 2. The van der Waals surface area contributed by atoms with Gasteiger partial charge in [0.15, 0.2) is 11.5 Å². The van der Waals surface area contributed by atoms with Crippen molar-refractivity contribution < 1.29 is 14.4 Å². The Labute approximate surface area is 135 Å². The number of para-hydroxylation sites is 1. The first-order valence-electron chi connectivity index (χ1n) is 6.64. The fourth-order valence-corrected chi connectivity index (χ4v) is 2.78. The van der Waals surface area contributed by atoms with Gasteiger partial charge in [-0.15, -0.1) is 0 Å². The largest absolute Gasteiger partial charge is 0.483 e. The number of hydrogen-bond acceptors (Lipinski definition) is 5. The lowest BCUT2D eigenvalue weighted by atomic mass is 10.0. The first kappa shape index (κ1) is 14.8. The highest BCUT2D eigenvalue weighted by Crippen LogP contribution is 2.44. The normalized spacial score (nSPS) is 15.0. The summed E-state index contributed by atoms with van der Waals surface area (Å²) in [7, 11) is 0. The molecule has 22 heavy (non-hydrogen) atoms. The highest BCUT2D eigenvalue weighted by Gasteiger charge is 2.32. The molecule has 0 atom stereocenters. The molecule has 0 saturated carbocycles. The lowest BCUT2D eigenvalue weighted by Crippen LogP contribution is -2.24. The van der Waals surface area contributed by atoms with E-state index >= 15 is 0 Å². The van der Waals surface area contributed by atoms with Crippen molar-refractivity contribution in [3.63, 3.8) is 0 Å². The second-order valence-corrected chi connectivity index (χ2v) is 6.48. The van der Waals surface area contributed by atoms with Crippen molar-refractivity contribution in [3.8, 4) is 17.4 Å². The van der Waals surface area contributed by atoms with E-state index in [1.54, 1.807) is 6.07 Å². The van der Waals surface area contributed by atoms with Gasteiger partial charge in [0.1, 0.15) is 11.8 Å². The fraction of sp³-hybridized carbons (Fsp3) is 0.267. The van der Waals surface area contributed by atoms with Crippen LogP contribution in [0.15, 0.2) is 34.9 Å². The molecule has 6 nitrogen and oxygen atoms in total. The van der Waals surface area contributed by atoms with E-state index in [9.17, 15) is 10.1 Å². The third-order valence-electron chi connectivity index (χ3n) is 3.27. The first-order valence-corrected chi connectivity index (χ1v) is 7.44. The van der Waals surface area contributed by atoms with Gasteiger partial charge in [-0.1, -0.05) is 12.1 Å². The Morgan fingerprint density at radius 2 is 2.23 bits per heavy atom. The zero-order valence-corrected chi connectivity index (χ0v) is 13.6. The van der Waals surface area contributed by atoms with Crippen LogP contribution in [0.1, 0.15) is 19.4 Å². The van der Waals surface area contributed by atoms with Gasteiger partial charge in [0.25, 0.3) is 5.69 Å². The highest BCUT2D eigenvalue weighted by atomic mass is 79.9. The molecular weight excluding hydrogens is 352 g/mol. The number of hydrogen-bond donors (Lipinski definition) is 0. The van der Waals surface area contributed by atoms with Crippen molar-refractivity contribution >= 4 is 21.6 Å². The van der Waals surface area contributed by atoms with Crippen LogP contribution < -0.4 is 9.47 Å². The summed E-state index contributed by atoms with van der Waals surface area (Å²) in [5, 5.41) is 10.7. The Bertz CT molecular complexity index is 761. The Morgan fingerprint density at radius 1 is 1.45 bits per heavy atom. The predicted octanol–water partition coefficient (Wildman–Crippen LogP) is 4.26. The van der Waals surface area contributed by atoms with Crippen molar-refractivity contribution in [2.24, 2.45) is 0 Å². The van der Waals surface area contributed by atoms with Crippen molar-refractivity contribution in [3.05, 3.63) is 50.6 Å². The number of benzene rings is 1. The minimum atomic E-state index is -0.507. The minimum absolute atomic E-state index is 0.102. The summed E-state index contributed by atoms with van der Waals surface area (Å²) < 4.78 is 12.1. The maximum absolute atomic E-state index is 10.7. The lowest BCUT2D eigenvalue weighted by molar-refractivity contribution is -0.385. The van der Waals surface area contributed by atoms with E-state index in [0.29, 0.717) is 16.0 Å². The third kappa shape index (κ3) is 2.76. The molecule has 7 heteroatoms. The molecule has 1 aromatic carbocycles. The van der Waals surface area contributed by atoms with E-state index in [1.807, 2.05) is 26.0 Å². The van der Waals surface area contributed by atoms with Crippen LogP contribution in [0.25, 0.3) is 0 Å². The monoisotopic (exact) mass is 364 g/mol. The number of pyridine rings is 1. The third-order valence-corrected chi connectivity index (χ3v) is 3.83. The van der Waals surface area contributed by atoms with Gasteiger partial charge in [0, 0.05) is 18.1 Å². The predicted molar refractivity (Wildman–Crippen MR) is 83.5 cm³/mol. The highest BCUT2D eigenvalue weighted by molar-refractivity contribution is 9.10. The van der Waals surface area contributed by atoms with Crippen LogP contribution >= 0.6 is 15.9 Å². The Morgan fingerprint density at radius 3 is 2.91 bits per heavy atom. The Kier molecular flexibility index (Phi) is 3.52. The van der Waals surface area contributed by atoms with Gasteiger partial charge in [-0.05, 0) is 35.8 Å². The Hall–Kier alpha value is -2.15. The number of rotatable bonds is 3. The zero-order valence-electron chi connectivity index (χ0n) is 12.0. The molecule has 0 unspecified atom stereocenters. The summed E-state index contributed by atoms with van der Waals surface area (Å²) >= 11 is 3.24. The molecule has 0 N–H and O–H groups in total. The number of nitro groups is 1. The topological polar surface area (TPSA) is 74.5 Å². The molecule has 1 aliphatic rings. The quantitative estimate of drug-likeness (QED) is 0.600. The van der Waals surface area contributed by atoms with Crippen LogP contribution in [0, 0.1) is 10.1 Å². The molecule has 114 valence electrons. The fourth-order valence-electron chi connectivity index (χ4n) is 2.36. The molecule has 1 aromatic heterocycles. The molecular formula is C15H13BrN2O4. The molecule has 0 saturated heterocycles.